The van der Waals surface area contributed by atoms with Crippen molar-refractivity contribution in [2.75, 3.05) is 6.54 Å². The minimum Gasteiger partial charge on any atom is -0.307 e. The molecule has 0 unspecified atom stereocenters. The van der Waals surface area contributed by atoms with Crippen molar-refractivity contribution < 1.29 is 4.79 Å². The predicted octanol–water partition coefficient (Wildman–Crippen LogP) is 4.14. The van der Waals surface area contributed by atoms with E-state index < -0.39 is 0 Å². The maximum atomic E-state index is 12.1. The molecule has 2 rings (SSSR count). The lowest BCUT2D eigenvalue weighted by molar-refractivity contribution is 0.0986. The zero-order valence-electron chi connectivity index (χ0n) is 11.5. The molecule has 0 atom stereocenters. The monoisotopic (exact) mass is 279 g/mol. The molecule has 0 spiro atoms. The summed E-state index contributed by atoms with van der Waals surface area (Å²) < 4.78 is 0. The molecule has 1 saturated carbocycles. The van der Waals surface area contributed by atoms with E-state index in [1.54, 1.807) is 6.07 Å². The lowest BCUT2D eigenvalue weighted by Crippen LogP contribution is -2.33. The minimum absolute atomic E-state index is 0.156. The lowest BCUT2D eigenvalue weighted by Gasteiger charge is -2.15. The van der Waals surface area contributed by atoms with Crippen LogP contribution in [0.3, 0.4) is 0 Å². The first-order valence-electron chi connectivity index (χ1n) is 7.19. The smallest absolute Gasteiger partial charge is 0.176 e. The summed E-state index contributed by atoms with van der Waals surface area (Å²) in [5.74, 6) is 0.156. The molecule has 1 aromatic rings. The van der Waals surface area contributed by atoms with Crippen LogP contribution in [0.5, 0.6) is 0 Å². The van der Waals surface area contributed by atoms with E-state index in [2.05, 4.69) is 5.32 Å². The van der Waals surface area contributed by atoms with Gasteiger partial charge in [-0.1, -0.05) is 37.3 Å². The van der Waals surface area contributed by atoms with Crippen molar-refractivity contribution in [3.8, 4) is 0 Å². The fourth-order valence-corrected chi connectivity index (χ4v) is 2.76. The largest absolute Gasteiger partial charge is 0.307 e. The van der Waals surface area contributed by atoms with Gasteiger partial charge >= 0.3 is 0 Å². The van der Waals surface area contributed by atoms with Crippen LogP contribution in [0.15, 0.2) is 18.2 Å². The molecule has 0 radical (unpaired) electrons. The van der Waals surface area contributed by atoms with Crippen molar-refractivity contribution in [1.82, 2.24) is 5.32 Å². The molecule has 104 valence electrons. The molecule has 1 aliphatic rings. The number of rotatable bonds is 4. The molecule has 0 bridgehead atoms. The van der Waals surface area contributed by atoms with Crippen LogP contribution in [0.25, 0.3) is 0 Å². The maximum absolute atomic E-state index is 12.1. The second-order valence-electron chi connectivity index (χ2n) is 5.46. The Morgan fingerprint density at radius 1 is 1.26 bits per heavy atom. The van der Waals surface area contributed by atoms with Crippen LogP contribution in [0.2, 0.25) is 5.02 Å². The highest BCUT2D eigenvalue weighted by Crippen LogP contribution is 2.18. The quantitative estimate of drug-likeness (QED) is 0.663. The first-order chi connectivity index (χ1) is 9.16. The molecular weight excluding hydrogens is 258 g/mol. The Balaban J connectivity index is 1.87. The number of Topliss-reactive ketones (excluding diaryl/α,β-unsaturated/α-hetero) is 1. The highest BCUT2D eigenvalue weighted by atomic mass is 35.5. The number of hydrogen-bond acceptors (Lipinski definition) is 2. The molecule has 1 N–H and O–H groups in total. The number of hydrogen-bond donors (Lipinski definition) is 1. The van der Waals surface area contributed by atoms with Gasteiger partial charge in [0, 0.05) is 16.6 Å². The fraction of sp³-hybridized carbons (Fsp3) is 0.562. The van der Waals surface area contributed by atoms with Crippen molar-refractivity contribution in [2.24, 2.45) is 0 Å². The summed E-state index contributed by atoms with van der Waals surface area (Å²) in [6, 6.07) is 6.00. The zero-order chi connectivity index (χ0) is 13.7. The fourth-order valence-electron chi connectivity index (χ4n) is 2.64. The van der Waals surface area contributed by atoms with Crippen LogP contribution in [0, 0.1) is 6.92 Å². The standard InChI is InChI=1S/C16H22ClNO/c1-12-10-13(8-9-15(12)17)16(19)11-18-14-6-4-2-3-5-7-14/h8-10,14,18H,2-7,11H2,1H3. The summed E-state index contributed by atoms with van der Waals surface area (Å²) >= 11 is 5.98. The summed E-state index contributed by atoms with van der Waals surface area (Å²) in [5.41, 5.74) is 1.71. The van der Waals surface area contributed by atoms with E-state index in [0.717, 1.165) is 11.1 Å². The molecule has 0 heterocycles. The molecule has 0 saturated heterocycles. The Kier molecular flexibility index (Phi) is 5.41. The van der Waals surface area contributed by atoms with Gasteiger partial charge in [0.1, 0.15) is 0 Å². The van der Waals surface area contributed by atoms with E-state index in [1.165, 1.54) is 38.5 Å². The predicted molar refractivity (Wildman–Crippen MR) is 80.0 cm³/mol. The number of nitrogens with one attached hydrogen (secondary N) is 1. The third-order valence-corrected chi connectivity index (χ3v) is 4.31. The van der Waals surface area contributed by atoms with Gasteiger partial charge < -0.3 is 5.32 Å². The van der Waals surface area contributed by atoms with Gasteiger partial charge in [-0.2, -0.15) is 0 Å². The molecule has 0 aromatic heterocycles. The molecule has 1 aliphatic carbocycles. The van der Waals surface area contributed by atoms with Crippen molar-refractivity contribution >= 4 is 17.4 Å². The Labute approximate surface area is 120 Å². The summed E-state index contributed by atoms with van der Waals surface area (Å²) in [5, 5.41) is 4.13. The summed E-state index contributed by atoms with van der Waals surface area (Å²) in [6.45, 7) is 2.36. The van der Waals surface area contributed by atoms with Gasteiger partial charge in [-0.25, -0.2) is 0 Å². The normalized spacial score (nSPS) is 17.2. The van der Waals surface area contributed by atoms with E-state index in [-0.39, 0.29) is 5.78 Å². The maximum Gasteiger partial charge on any atom is 0.176 e. The van der Waals surface area contributed by atoms with Crippen LogP contribution in [-0.4, -0.2) is 18.4 Å². The number of ketones is 1. The first-order valence-corrected chi connectivity index (χ1v) is 7.57. The van der Waals surface area contributed by atoms with Crippen LogP contribution in [0.1, 0.15) is 54.4 Å². The van der Waals surface area contributed by atoms with E-state index in [0.29, 0.717) is 17.6 Å². The van der Waals surface area contributed by atoms with E-state index in [1.807, 2.05) is 19.1 Å². The van der Waals surface area contributed by atoms with E-state index >= 15 is 0 Å². The Morgan fingerprint density at radius 2 is 1.95 bits per heavy atom. The van der Waals surface area contributed by atoms with Gasteiger partial charge in [0.2, 0.25) is 0 Å². The number of carbonyl (C=O) groups excluding carboxylic acids is 1. The van der Waals surface area contributed by atoms with Crippen LogP contribution in [-0.2, 0) is 0 Å². The van der Waals surface area contributed by atoms with Crippen molar-refractivity contribution in [2.45, 2.75) is 51.5 Å². The topological polar surface area (TPSA) is 29.1 Å². The van der Waals surface area contributed by atoms with Gasteiger partial charge in [0.05, 0.1) is 6.54 Å². The Bertz CT molecular complexity index is 436. The molecule has 1 aromatic carbocycles. The summed E-state index contributed by atoms with van der Waals surface area (Å²) in [4.78, 5) is 12.1. The highest BCUT2D eigenvalue weighted by Gasteiger charge is 2.14. The van der Waals surface area contributed by atoms with Gasteiger partial charge in [-0.3, -0.25) is 4.79 Å². The lowest BCUT2D eigenvalue weighted by atomic mass is 10.1. The molecular formula is C16H22ClNO. The highest BCUT2D eigenvalue weighted by molar-refractivity contribution is 6.31. The third kappa shape index (κ3) is 4.32. The number of halogens is 1. The number of benzene rings is 1. The van der Waals surface area contributed by atoms with E-state index in [9.17, 15) is 4.79 Å². The van der Waals surface area contributed by atoms with Crippen molar-refractivity contribution in [3.63, 3.8) is 0 Å². The second kappa shape index (κ2) is 7.06. The van der Waals surface area contributed by atoms with Gasteiger partial charge in [-0.05, 0) is 43.5 Å². The Hall–Kier alpha value is -0.860. The molecule has 1 fully saturated rings. The van der Waals surface area contributed by atoms with Crippen molar-refractivity contribution in [1.29, 1.82) is 0 Å². The van der Waals surface area contributed by atoms with Crippen LogP contribution >= 0.6 is 11.6 Å². The average molecular weight is 280 g/mol. The second-order valence-corrected chi connectivity index (χ2v) is 5.86. The van der Waals surface area contributed by atoms with Gasteiger partial charge in [-0.15, -0.1) is 0 Å². The molecule has 3 heteroatoms. The number of carbonyl (C=O) groups is 1. The van der Waals surface area contributed by atoms with Gasteiger partial charge in [0.25, 0.3) is 0 Å². The van der Waals surface area contributed by atoms with Crippen LogP contribution < -0.4 is 5.32 Å². The van der Waals surface area contributed by atoms with Crippen LogP contribution in [0.4, 0.5) is 0 Å². The average Bonchev–Trinajstić information content (AvgIpc) is 2.67. The molecule has 19 heavy (non-hydrogen) atoms. The van der Waals surface area contributed by atoms with Crippen molar-refractivity contribution in [3.05, 3.63) is 34.3 Å². The summed E-state index contributed by atoms with van der Waals surface area (Å²) in [6.07, 6.45) is 7.64. The molecule has 2 nitrogen and oxygen atoms in total. The first kappa shape index (κ1) is 14.5. The number of aryl methyl sites for hydroxylation is 1. The third-order valence-electron chi connectivity index (χ3n) is 3.89. The molecule has 0 amide bonds. The summed E-state index contributed by atoms with van der Waals surface area (Å²) in [7, 11) is 0. The zero-order valence-corrected chi connectivity index (χ0v) is 12.3. The van der Waals surface area contributed by atoms with Gasteiger partial charge in [0.15, 0.2) is 5.78 Å². The Morgan fingerprint density at radius 3 is 2.58 bits per heavy atom. The molecule has 0 aliphatic heterocycles. The SMILES string of the molecule is Cc1cc(C(=O)CNC2CCCCCC2)ccc1Cl. The van der Waals surface area contributed by atoms with E-state index in [4.69, 9.17) is 11.6 Å². The minimum atomic E-state index is 0.156.